The first-order valence-corrected chi connectivity index (χ1v) is 5.95. The molecule has 2 nitrogen and oxygen atoms in total. The van der Waals surface area contributed by atoms with Crippen LogP contribution in [0.1, 0.15) is 19.8 Å². The molecule has 0 radical (unpaired) electrons. The van der Waals surface area contributed by atoms with Gasteiger partial charge in [0.25, 0.3) is 0 Å². The molecule has 1 rings (SSSR count). The zero-order valence-electron chi connectivity index (χ0n) is 8.92. The first-order valence-electron chi connectivity index (χ1n) is 5.41. The summed E-state index contributed by atoms with van der Waals surface area (Å²) in [5.41, 5.74) is 0. The minimum absolute atomic E-state index is 0.443. The number of hydrogen-bond donors (Lipinski definition) is 0. The van der Waals surface area contributed by atoms with Gasteiger partial charge in [-0.2, -0.15) is 0 Å². The maximum absolute atomic E-state index is 5.63. The molecule has 1 saturated heterocycles. The van der Waals surface area contributed by atoms with Crippen LogP contribution in [0, 0.1) is 0 Å². The van der Waals surface area contributed by atoms with E-state index in [9.17, 15) is 0 Å². The standard InChI is InChI=1S/C11H20ClNO/c1-2-14-11-6-5-9-13(10-11)8-4-3-7-12/h3-4,11H,2,5-10H2,1H3. The summed E-state index contributed by atoms with van der Waals surface area (Å²) < 4.78 is 5.63. The van der Waals surface area contributed by atoms with Crippen molar-refractivity contribution < 1.29 is 4.74 Å². The van der Waals surface area contributed by atoms with Crippen LogP contribution >= 0.6 is 11.6 Å². The van der Waals surface area contributed by atoms with Crippen molar-refractivity contribution in [2.24, 2.45) is 0 Å². The molecule has 0 N–H and O–H groups in total. The summed E-state index contributed by atoms with van der Waals surface area (Å²) >= 11 is 5.57. The Labute approximate surface area is 91.9 Å². The van der Waals surface area contributed by atoms with E-state index in [1.807, 2.05) is 6.08 Å². The SMILES string of the molecule is CCOC1CCCN(CC=CCCl)C1. The molecule has 1 aliphatic rings. The molecule has 1 heterocycles. The fourth-order valence-electron chi connectivity index (χ4n) is 1.84. The first kappa shape index (κ1) is 12.0. The monoisotopic (exact) mass is 217 g/mol. The summed E-state index contributed by atoms with van der Waals surface area (Å²) in [6.45, 7) is 6.16. The lowest BCUT2D eigenvalue weighted by Crippen LogP contribution is -2.39. The molecule has 0 aliphatic carbocycles. The Morgan fingerprint density at radius 3 is 3.07 bits per heavy atom. The lowest BCUT2D eigenvalue weighted by Gasteiger charge is -2.31. The van der Waals surface area contributed by atoms with E-state index in [1.165, 1.54) is 19.4 Å². The molecule has 0 aromatic rings. The smallest absolute Gasteiger partial charge is 0.0702 e. The van der Waals surface area contributed by atoms with E-state index >= 15 is 0 Å². The van der Waals surface area contributed by atoms with E-state index in [4.69, 9.17) is 16.3 Å². The second kappa shape index (κ2) is 7.27. The fourth-order valence-corrected chi connectivity index (χ4v) is 1.96. The lowest BCUT2D eigenvalue weighted by atomic mass is 10.1. The molecule has 0 aromatic heterocycles. The second-order valence-electron chi connectivity index (χ2n) is 3.60. The molecule has 0 aromatic carbocycles. The topological polar surface area (TPSA) is 12.5 Å². The number of rotatable bonds is 5. The second-order valence-corrected chi connectivity index (χ2v) is 3.91. The summed E-state index contributed by atoms with van der Waals surface area (Å²) in [6, 6.07) is 0. The van der Waals surface area contributed by atoms with Gasteiger partial charge in [-0.05, 0) is 26.3 Å². The minimum atomic E-state index is 0.443. The zero-order chi connectivity index (χ0) is 10.2. The Kier molecular flexibility index (Phi) is 6.24. The van der Waals surface area contributed by atoms with Gasteiger partial charge < -0.3 is 4.74 Å². The minimum Gasteiger partial charge on any atom is -0.377 e. The van der Waals surface area contributed by atoms with Crippen molar-refractivity contribution in [1.82, 2.24) is 4.90 Å². The maximum Gasteiger partial charge on any atom is 0.0702 e. The number of alkyl halides is 1. The van der Waals surface area contributed by atoms with E-state index in [1.54, 1.807) is 0 Å². The van der Waals surface area contributed by atoms with E-state index in [2.05, 4.69) is 17.9 Å². The van der Waals surface area contributed by atoms with Gasteiger partial charge in [0.1, 0.15) is 0 Å². The highest BCUT2D eigenvalue weighted by molar-refractivity contribution is 6.18. The van der Waals surface area contributed by atoms with Crippen LogP contribution in [0.3, 0.4) is 0 Å². The van der Waals surface area contributed by atoms with E-state index < -0.39 is 0 Å². The van der Waals surface area contributed by atoms with Gasteiger partial charge in [-0.1, -0.05) is 12.2 Å². The molecule has 1 aliphatic heterocycles. The molecule has 1 fully saturated rings. The third-order valence-electron chi connectivity index (χ3n) is 2.48. The van der Waals surface area contributed by atoms with Gasteiger partial charge in [0.2, 0.25) is 0 Å². The van der Waals surface area contributed by atoms with Crippen LogP contribution in [0.4, 0.5) is 0 Å². The number of ether oxygens (including phenoxy) is 1. The van der Waals surface area contributed by atoms with Gasteiger partial charge in [-0.25, -0.2) is 0 Å². The van der Waals surface area contributed by atoms with Crippen LogP contribution in [0.2, 0.25) is 0 Å². The van der Waals surface area contributed by atoms with Crippen molar-refractivity contribution >= 4 is 11.6 Å². The van der Waals surface area contributed by atoms with Crippen molar-refractivity contribution in [2.45, 2.75) is 25.9 Å². The summed E-state index contributed by atoms with van der Waals surface area (Å²) in [5.74, 6) is 0.614. The number of likely N-dealkylation sites (tertiary alicyclic amines) is 1. The maximum atomic E-state index is 5.63. The third kappa shape index (κ3) is 4.45. The summed E-state index contributed by atoms with van der Waals surface area (Å²) in [5, 5.41) is 0. The Balaban J connectivity index is 2.21. The zero-order valence-corrected chi connectivity index (χ0v) is 9.67. The summed E-state index contributed by atoms with van der Waals surface area (Å²) in [6.07, 6.45) is 7.05. The Hall–Kier alpha value is -0.0500. The highest BCUT2D eigenvalue weighted by Gasteiger charge is 2.18. The largest absolute Gasteiger partial charge is 0.377 e. The van der Waals surface area contributed by atoms with Gasteiger partial charge in [0, 0.05) is 25.6 Å². The molecule has 3 heteroatoms. The van der Waals surface area contributed by atoms with E-state index in [-0.39, 0.29) is 0 Å². The van der Waals surface area contributed by atoms with Crippen LogP contribution in [-0.2, 0) is 4.74 Å². The van der Waals surface area contributed by atoms with Crippen LogP contribution in [0.25, 0.3) is 0 Å². The molecule has 82 valence electrons. The van der Waals surface area contributed by atoms with Crippen molar-refractivity contribution in [2.75, 3.05) is 32.1 Å². The number of nitrogens with zero attached hydrogens (tertiary/aromatic N) is 1. The molecule has 0 saturated carbocycles. The normalized spacial score (nSPS) is 24.6. The van der Waals surface area contributed by atoms with E-state index in [0.717, 1.165) is 19.7 Å². The molecule has 14 heavy (non-hydrogen) atoms. The van der Waals surface area contributed by atoms with Crippen molar-refractivity contribution in [3.63, 3.8) is 0 Å². The first-order chi connectivity index (χ1) is 6.86. The van der Waals surface area contributed by atoms with Crippen molar-refractivity contribution in [1.29, 1.82) is 0 Å². The molecule has 0 bridgehead atoms. The number of allylic oxidation sites excluding steroid dienone is 1. The summed E-state index contributed by atoms with van der Waals surface area (Å²) in [7, 11) is 0. The quantitative estimate of drug-likeness (QED) is 0.518. The lowest BCUT2D eigenvalue weighted by molar-refractivity contribution is 0.00926. The van der Waals surface area contributed by atoms with Crippen molar-refractivity contribution in [3.05, 3.63) is 12.2 Å². The Morgan fingerprint density at radius 1 is 1.50 bits per heavy atom. The van der Waals surface area contributed by atoms with Gasteiger partial charge in [0.05, 0.1) is 6.10 Å². The molecular formula is C11H20ClNO. The van der Waals surface area contributed by atoms with Crippen LogP contribution in [0.5, 0.6) is 0 Å². The van der Waals surface area contributed by atoms with Crippen LogP contribution in [-0.4, -0.2) is 43.1 Å². The molecule has 1 atom stereocenters. The molecule has 0 spiro atoms. The number of piperidine rings is 1. The van der Waals surface area contributed by atoms with Crippen LogP contribution < -0.4 is 0 Å². The van der Waals surface area contributed by atoms with Crippen LogP contribution in [0.15, 0.2) is 12.2 Å². The average molecular weight is 218 g/mol. The number of hydrogen-bond acceptors (Lipinski definition) is 2. The van der Waals surface area contributed by atoms with Gasteiger partial charge in [-0.3, -0.25) is 4.90 Å². The van der Waals surface area contributed by atoms with E-state index in [0.29, 0.717) is 12.0 Å². The van der Waals surface area contributed by atoms with Gasteiger partial charge >= 0.3 is 0 Å². The predicted octanol–water partition coefficient (Wildman–Crippen LogP) is 2.28. The molecule has 0 amide bonds. The Bertz CT molecular complexity index is 171. The Morgan fingerprint density at radius 2 is 2.36 bits per heavy atom. The third-order valence-corrected chi connectivity index (χ3v) is 2.66. The summed E-state index contributed by atoms with van der Waals surface area (Å²) in [4.78, 5) is 2.42. The number of halogens is 1. The average Bonchev–Trinajstić information content (AvgIpc) is 2.19. The van der Waals surface area contributed by atoms with Gasteiger partial charge in [-0.15, -0.1) is 11.6 Å². The molecular weight excluding hydrogens is 198 g/mol. The fraction of sp³-hybridized carbons (Fsp3) is 0.818. The molecule has 1 unspecified atom stereocenters. The van der Waals surface area contributed by atoms with Gasteiger partial charge in [0.15, 0.2) is 0 Å². The highest BCUT2D eigenvalue weighted by atomic mass is 35.5. The predicted molar refractivity (Wildman–Crippen MR) is 60.9 cm³/mol. The van der Waals surface area contributed by atoms with Crippen molar-refractivity contribution in [3.8, 4) is 0 Å². The highest BCUT2D eigenvalue weighted by Crippen LogP contribution is 2.12.